The molecule has 0 spiro atoms. The third-order valence-corrected chi connectivity index (χ3v) is 3.83. The van der Waals surface area contributed by atoms with E-state index in [9.17, 15) is 9.90 Å². The van der Waals surface area contributed by atoms with Crippen LogP contribution in [-0.4, -0.2) is 41.7 Å². The van der Waals surface area contributed by atoms with Gasteiger partial charge in [-0.1, -0.05) is 13.3 Å². The Balaban J connectivity index is 2.33. The first-order chi connectivity index (χ1) is 8.22. The summed E-state index contributed by atoms with van der Waals surface area (Å²) in [5.74, 6) is 0.774. The highest BCUT2D eigenvalue weighted by atomic mass is 16.3. The maximum atomic E-state index is 12.0. The minimum Gasteiger partial charge on any atom is -0.394 e. The number of carbonyl (C=O) groups excluding carboxylic acids is 1. The second-order valence-corrected chi connectivity index (χ2v) is 4.96. The van der Waals surface area contributed by atoms with Crippen LogP contribution < -0.4 is 5.73 Å². The summed E-state index contributed by atoms with van der Waals surface area (Å²) in [5.41, 5.74) is 5.55. The standard InChI is InChI=1S/C13H26N2O2/c1-2-11(7-8-14)5-6-13(17)15-9-3-4-12(15)10-16/h11-12,16H,2-10,14H2,1H3/t11?,12-/m0/s1. The zero-order valence-electron chi connectivity index (χ0n) is 10.9. The zero-order chi connectivity index (χ0) is 12.7. The van der Waals surface area contributed by atoms with Gasteiger partial charge in [-0.25, -0.2) is 0 Å². The Morgan fingerprint density at radius 2 is 2.29 bits per heavy atom. The molecule has 0 saturated carbocycles. The van der Waals surface area contributed by atoms with Crippen LogP contribution in [0, 0.1) is 5.92 Å². The summed E-state index contributed by atoms with van der Waals surface area (Å²) >= 11 is 0. The minimum absolute atomic E-state index is 0.0667. The molecule has 2 atom stereocenters. The van der Waals surface area contributed by atoms with E-state index in [2.05, 4.69) is 6.92 Å². The van der Waals surface area contributed by atoms with Crippen molar-refractivity contribution in [2.75, 3.05) is 19.7 Å². The van der Waals surface area contributed by atoms with Gasteiger partial charge in [-0.2, -0.15) is 0 Å². The maximum absolute atomic E-state index is 12.0. The van der Waals surface area contributed by atoms with E-state index >= 15 is 0 Å². The Morgan fingerprint density at radius 3 is 2.88 bits per heavy atom. The molecule has 4 heteroatoms. The third-order valence-electron chi connectivity index (χ3n) is 3.83. The fourth-order valence-corrected chi connectivity index (χ4v) is 2.61. The first kappa shape index (κ1) is 14.5. The summed E-state index contributed by atoms with van der Waals surface area (Å²) in [5, 5.41) is 9.18. The number of hydrogen-bond donors (Lipinski definition) is 2. The molecule has 0 aromatic carbocycles. The molecule has 0 aromatic rings. The lowest BCUT2D eigenvalue weighted by Crippen LogP contribution is -2.37. The lowest BCUT2D eigenvalue weighted by Gasteiger charge is -2.24. The Hall–Kier alpha value is -0.610. The van der Waals surface area contributed by atoms with E-state index in [0.29, 0.717) is 18.9 Å². The van der Waals surface area contributed by atoms with Gasteiger partial charge in [0.05, 0.1) is 12.6 Å². The van der Waals surface area contributed by atoms with Crippen LogP contribution in [0.2, 0.25) is 0 Å². The van der Waals surface area contributed by atoms with Gasteiger partial charge in [0.15, 0.2) is 0 Å². The van der Waals surface area contributed by atoms with Crippen molar-refractivity contribution in [1.82, 2.24) is 4.90 Å². The highest BCUT2D eigenvalue weighted by Crippen LogP contribution is 2.20. The van der Waals surface area contributed by atoms with Gasteiger partial charge < -0.3 is 15.7 Å². The van der Waals surface area contributed by atoms with Gasteiger partial charge in [0.2, 0.25) is 5.91 Å². The number of aliphatic hydroxyl groups excluding tert-OH is 1. The minimum atomic E-state index is 0.0667. The van der Waals surface area contributed by atoms with E-state index < -0.39 is 0 Å². The number of rotatable bonds is 7. The number of hydrogen-bond acceptors (Lipinski definition) is 3. The van der Waals surface area contributed by atoms with Crippen molar-refractivity contribution in [3.05, 3.63) is 0 Å². The fourth-order valence-electron chi connectivity index (χ4n) is 2.61. The Labute approximate surface area is 104 Å². The molecule has 1 unspecified atom stereocenters. The van der Waals surface area contributed by atoms with Crippen LogP contribution in [0.4, 0.5) is 0 Å². The van der Waals surface area contributed by atoms with Crippen molar-refractivity contribution < 1.29 is 9.90 Å². The number of carbonyl (C=O) groups is 1. The summed E-state index contributed by atoms with van der Waals surface area (Å²) in [7, 11) is 0. The number of amides is 1. The number of likely N-dealkylation sites (tertiary alicyclic amines) is 1. The van der Waals surface area contributed by atoms with Gasteiger partial charge in [-0.3, -0.25) is 4.79 Å². The monoisotopic (exact) mass is 242 g/mol. The summed E-state index contributed by atoms with van der Waals surface area (Å²) in [6, 6.07) is 0.0667. The first-order valence-electron chi connectivity index (χ1n) is 6.83. The van der Waals surface area contributed by atoms with E-state index in [0.717, 1.165) is 38.6 Å². The zero-order valence-corrected chi connectivity index (χ0v) is 10.9. The molecular formula is C13H26N2O2. The number of nitrogens with two attached hydrogens (primary N) is 1. The van der Waals surface area contributed by atoms with Crippen molar-refractivity contribution in [3.63, 3.8) is 0 Å². The molecule has 1 fully saturated rings. The number of aliphatic hydroxyl groups is 1. The summed E-state index contributed by atoms with van der Waals surface area (Å²) in [6.07, 6.45) is 5.61. The van der Waals surface area contributed by atoms with Gasteiger partial charge in [0.1, 0.15) is 0 Å². The van der Waals surface area contributed by atoms with Crippen LogP contribution in [0.3, 0.4) is 0 Å². The number of nitrogens with zero attached hydrogens (tertiary/aromatic N) is 1. The van der Waals surface area contributed by atoms with Crippen LogP contribution in [-0.2, 0) is 4.79 Å². The summed E-state index contributed by atoms with van der Waals surface area (Å²) in [4.78, 5) is 13.9. The van der Waals surface area contributed by atoms with Crippen LogP contribution in [0.5, 0.6) is 0 Å². The lowest BCUT2D eigenvalue weighted by molar-refractivity contribution is -0.133. The first-order valence-corrected chi connectivity index (χ1v) is 6.83. The molecule has 1 heterocycles. The van der Waals surface area contributed by atoms with Crippen molar-refractivity contribution >= 4 is 5.91 Å². The Bertz CT molecular complexity index is 233. The van der Waals surface area contributed by atoms with Gasteiger partial charge in [-0.05, 0) is 38.1 Å². The van der Waals surface area contributed by atoms with E-state index in [1.807, 2.05) is 4.90 Å². The van der Waals surface area contributed by atoms with Crippen LogP contribution >= 0.6 is 0 Å². The predicted molar refractivity (Wildman–Crippen MR) is 68.5 cm³/mol. The molecular weight excluding hydrogens is 216 g/mol. The highest BCUT2D eigenvalue weighted by molar-refractivity contribution is 5.76. The van der Waals surface area contributed by atoms with E-state index in [1.54, 1.807) is 0 Å². The average molecular weight is 242 g/mol. The van der Waals surface area contributed by atoms with E-state index in [4.69, 9.17) is 5.73 Å². The third kappa shape index (κ3) is 4.28. The molecule has 0 bridgehead atoms. The molecule has 0 aromatic heterocycles. The maximum Gasteiger partial charge on any atom is 0.222 e. The second-order valence-electron chi connectivity index (χ2n) is 4.96. The molecule has 1 aliphatic heterocycles. The molecule has 1 aliphatic rings. The normalized spacial score (nSPS) is 21.8. The highest BCUT2D eigenvalue weighted by Gasteiger charge is 2.27. The van der Waals surface area contributed by atoms with Crippen LogP contribution in [0.15, 0.2) is 0 Å². The molecule has 3 N–H and O–H groups in total. The topological polar surface area (TPSA) is 66.6 Å². The van der Waals surface area contributed by atoms with Gasteiger partial charge in [0, 0.05) is 13.0 Å². The average Bonchev–Trinajstić information content (AvgIpc) is 2.82. The Morgan fingerprint density at radius 1 is 1.53 bits per heavy atom. The second kappa shape index (κ2) is 7.67. The Kier molecular flexibility index (Phi) is 6.52. The van der Waals surface area contributed by atoms with Crippen molar-refractivity contribution in [1.29, 1.82) is 0 Å². The molecule has 0 radical (unpaired) electrons. The van der Waals surface area contributed by atoms with E-state index in [1.165, 1.54) is 0 Å². The van der Waals surface area contributed by atoms with Gasteiger partial charge in [-0.15, -0.1) is 0 Å². The quantitative estimate of drug-likeness (QED) is 0.703. The summed E-state index contributed by atoms with van der Waals surface area (Å²) in [6.45, 7) is 3.77. The molecule has 1 amide bonds. The van der Waals surface area contributed by atoms with Gasteiger partial charge >= 0.3 is 0 Å². The van der Waals surface area contributed by atoms with Gasteiger partial charge in [0.25, 0.3) is 0 Å². The van der Waals surface area contributed by atoms with Crippen molar-refractivity contribution in [2.24, 2.45) is 11.7 Å². The van der Waals surface area contributed by atoms with Crippen LogP contribution in [0.25, 0.3) is 0 Å². The SMILES string of the molecule is CCC(CCN)CCC(=O)N1CCC[C@H]1CO. The predicted octanol–water partition coefficient (Wildman–Crippen LogP) is 1.12. The van der Waals surface area contributed by atoms with E-state index in [-0.39, 0.29) is 18.6 Å². The molecule has 17 heavy (non-hydrogen) atoms. The van der Waals surface area contributed by atoms with Crippen LogP contribution in [0.1, 0.15) is 45.4 Å². The summed E-state index contributed by atoms with van der Waals surface area (Å²) < 4.78 is 0. The largest absolute Gasteiger partial charge is 0.394 e. The molecule has 100 valence electrons. The lowest BCUT2D eigenvalue weighted by atomic mass is 9.96. The molecule has 1 rings (SSSR count). The molecule has 4 nitrogen and oxygen atoms in total. The van der Waals surface area contributed by atoms with Crippen molar-refractivity contribution in [3.8, 4) is 0 Å². The molecule has 0 aliphatic carbocycles. The fraction of sp³-hybridized carbons (Fsp3) is 0.923. The molecule has 1 saturated heterocycles. The van der Waals surface area contributed by atoms with Crippen molar-refractivity contribution in [2.45, 2.75) is 51.5 Å². The smallest absolute Gasteiger partial charge is 0.222 e.